The van der Waals surface area contributed by atoms with E-state index in [0.29, 0.717) is 12.6 Å². The van der Waals surface area contributed by atoms with Crippen LogP contribution in [0.25, 0.3) is 0 Å². The first-order valence-electron chi connectivity index (χ1n) is 6.01. The number of hydrogen-bond acceptors (Lipinski definition) is 4. The van der Waals surface area contributed by atoms with E-state index in [-0.39, 0.29) is 6.61 Å². The third-order valence-electron chi connectivity index (χ3n) is 3.01. The van der Waals surface area contributed by atoms with Crippen LogP contribution in [-0.4, -0.2) is 55.5 Å². The van der Waals surface area contributed by atoms with Gasteiger partial charge in [-0.05, 0) is 32.4 Å². The summed E-state index contributed by atoms with van der Waals surface area (Å²) >= 11 is 0. The summed E-state index contributed by atoms with van der Waals surface area (Å²) < 4.78 is 5.29. The molecule has 0 aromatic heterocycles. The largest absolute Gasteiger partial charge is 0.394 e. The Labute approximate surface area is 92.4 Å². The van der Waals surface area contributed by atoms with Crippen molar-refractivity contribution >= 4 is 0 Å². The Morgan fingerprint density at radius 3 is 2.93 bits per heavy atom. The minimum atomic E-state index is 0.117. The van der Waals surface area contributed by atoms with Crippen LogP contribution in [0.1, 0.15) is 25.7 Å². The molecule has 1 fully saturated rings. The first-order chi connectivity index (χ1) is 7.38. The van der Waals surface area contributed by atoms with Crippen LogP contribution in [0, 0.1) is 0 Å². The molecule has 1 rings (SSSR count). The van der Waals surface area contributed by atoms with Crippen LogP contribution in [-0.2, 0) is 4.74 Å². The lowest BCUT2D eigenvalue weighted by atomic mass is 9.99. The smallest absolute Gasteiger partial charge is 0.0698 e. The van der Waals surface area contributed by atoms with Gasteiger partial charge >= 0.3 is 0 Å². The van der Waals surface area contributed by atoms with Gasteiger partial charge in [-0.15, -0.1) is 0 Å². The van der Waals surface area contributed by atoms with Gasteiger partial charge < -0.3 is 15.6 Å². The topological polar surface area (TPSA) is 58.7 Å². The highest BCUT2D eigenvalue weighted by molar-refractivity contribution is 4.76. The van der Waals surface area contributed by atoms with Crippen molar-refractivity contribution in [3.8, 4) is 0 Å². The first kappa shape index (κ1) is 12.9. The molecule has 0 radical (unpaired) electrons. The van der Waals surface area contributed by atoms with E-state index in [1.807, 2.05) is 0 Å². The molecule has 1 heterocycles. The van der Waals surface area contributed by atoms with Crippen LogP contribution in [0.15, 0.2) is 0 Å². The van der Waals surface area contributed by atoms with Gasteiger partial charge in [0.2, 0.25) is 0 Å². The molecular weight excluding hydrogens is 192 g/mol. The molecule has 1 atom stereocenters. The lowest BCUT2D eigenvalue weighted by molar-refractivity contribution is 0.0522. The Morgan fingerprint density at radius 2 is 2.20 bits per heavy atom. The summed E-state index contributed by atoms with van der Waals surface area (Å²) in [4.78, 5) is 2.48. The van der Waals surface area contributed by atoms with Gasteiger partial charge in [-0.25, -0.2) is 0 Å². The summed E-state index contributed by atoms with van der Waals surface area (Å²) in [7, 11) is 0. The summed E-state index contributed by atoms with van der Waals surface area (Å²) in [6.45, 7) is 4.22. The van der Waals surface area contributed by atoms with Gasteiger partial charge in [0.05, 0.1) is 19.8 Å². The van der Waals surface area contributed by atoms with E-state index in [4.69, 9.17) is 15.6 Å². The van der Waals surface area contributed by atoms with Crippen LogP contribution in [0.5, 0.6) is 0 Å². The quantitative estimate of drug-likeness (QED) is 0.597. The zero-order valence-electron chi connectivity index (χ0n) is 9.53. The number of nitrogens with two attached hydrogens (primary N) is 1. The maximum absolute atomic E-state index is 8.58. The van der Waals surface area contributed by atoms with Crippen LogP contribution in [0.4, 0.5) is 0 Å². The maximum Gasteiger partial charge on any atom is 0.0698 e. The predicted molar refractivity (Wildman–Crippen MR) is 60.8 cm³/mol. The molecule has 4 heteroatoms. The summed E-state index contributed by atoms with van der Waals surface area (Å²) in [5, 5.41) is 8.58. The standard InChI is InChI=1S/C11H24N2O2/c12-5-4-11-3-1-2-6-13(11)7-9-15-10-8-14/h11,14H,1-10,12H2. The highest BCUT2D eigenvalue weighted by Crippen LogP contribution is 2.18. The van der Waals surface area contributed by atoms with Gasteiger partial charge in [-0.3, -0.25) is 4.90 Å². The van der Waals surface area contributed by atoms with Crippen LogP contribution < -0.4 is 5.73 Å². The summed E-state index contributed by atoms with van der Waals surface area (Å²) in [6.07, 6.45) is 5.00. The fourth-order valence-electron chi connectivity index (χ4n) is 2.22. The van der Waals surface area contributed by atoms with Crippen molar-refractivity contribution in [1.82, 2.24) is 4.90 Å². The normalized spacial score (nSPS) is 23.2. The van der Waals surface area contributed by atoms with Gasteiger partial charge in [-0.1, -0.05) is 6.42 Å². The van der Waals surface area contributed by atoms with Gasteiger partial charge in [-0.2, -0.15) is 0 Å². The molecule has 0 aromatic rings. The first-order valence-corrected chi connectivity index (χ1v) is 6.01. The van der Waals surface area contributed by atoms with E-state index in [0.717, 1.165) is 26.1 Å². The van der Waals surface area contributed by atoms with E-state index in [2.05, 4.69) is 4.90 Å². The second-order valence-electron chi connectivity index (χ2n) is 4.10. The number of ether oxygens (including phenoxy) is 1. The third-order valence-corrected chi connectivity index (χ3v) is 3.01. The minimum absolute atomic E-state index is 0.117. The van der Waals surface area contributed by atoms with E-state index < -0.39 is 0 Å². The lowest BCUT2D eigenvalue weighted by Crippen LogP contribution is -2.42. The van der Waals surface area contributed by atoms with Crippen molar-refractivity contribution in [2.24, 2.45) is 5.73 Å². The maximum atomic E-state index is 8.58. The minimum Gasteiger partial charge on any atom is -0.394 e. The molecule has 90 valence electrons. The molecule has 1 aliphatic rings. The highest BCUT2D eigenvalue weighted by atomic mass is 16.5. The van der Waals surface area contributed by atoms with Gasteiger partial charge in [0.25, 0.3) is 0 Å². The SMILES string of the molecule is NCCC1CCCCN1CCOCCO. The molecular formula is C11H24N2O2. The number of aliphatic hydroxyl groups is 1. The average Bonchev–Trinajstić information content (AvgIpc) is 2.27. The molecule has 1 saturated heterocycles. The monoisotopic (exact) mass is 216 g/mol. The Balaban J connectivity index is 2.17. The van der Waals surface area contributed by atoms with Crippen LogP contribution in [0.3, 0.4) is 0 Å². The number of rotatable bonds is 7. The van der Waals surface area contributed by atoms with Crippen molar-refractivity contribution in [1.29, 1.82) is 0 Å². The summed E-state index contributed by atoms with van der Waals surface area (Å²) in [6, 6.07) is 0.654. The molecule has 0 saturated carbocycles. The molecule has 1 aliphatic heterocycles. The van der Waals surface area contributed by atoms with Crippen molar-refractivity contribution in [2.45, 2.75) is 31.7 Å². The van der Waals surface area contributed by atoms with Gasteiger partial charge in [0, 0.05) is 12.6 Å². The van der Waals surface area contributed by atoms with E-state index in [1.165, 1.54) is 25.8 Å². The molecule has 4 nitrogen and oxygen atoms in total. The molecule has 0 bridgehead atoms. The van der Waals surface area contributed by atoms with Gasteiger partial charge in [0.1, 0.15) is 0 Å². The Bertz CT molecular complexity index is 154. The van der Waals surface area contributed by atoms with Gasteiger partial charge in [0.15, 0.2) is 0 Å². The van der Waals surface area contributed by atoms with Crippen LogP contribution in [0.2, 0.25) is 0 Å². The van der Waals surface area contributed by atoms with E-state index in [1.54, 1.807) is 0 Å². The Hall–Kier alpha value is -0.160. The molecule has 0 aromatic carbocycles. The number of hydrogen-bond donors (Lipinski definition) is 2. The molecule has 0 spiro atoms. The van der Waals surface area contributed by atoms with Crippen molar-refractivity contribution in [3.63, 3.8) is 0 Å². The zero-order chi connectivity index (χ0) is 10.9. The van der Waals surface area contributed by atoms with E-state index >= 15 is 0 Å². The number of aliphatic hydroxyl groups excluding tert-OH is 1. The number of nitrogens with zero attached hydrogens (tertiary/aromatic N) is 1. The second-order valence-corrected chi connectivity index (χ2v) is 4.10. The Kier molecular flexibility index (Phi) is 6.92. The highest BCUT2D eigenvalue weighted by Gasteiger charge is 2.20. The fourth-order valence-corrected chi connectivity index (χ4v) is 2.22. The molecule has 0 aliphatic carbocycles. The Morgan fingerprint density at radius 1 is 1.33 bits per heavy atom. The number of piperidine rings is 1. The van der Waals surface area contributed by atoms with Crippen LogP contribution >= 0.6 is 0 Å². The molecule has 15 heavy (non-hydrogen) atoms. The summed E-state index contributed by atoms with van der Waals surface area (Å²) in [5.74, 6) is 0. The lowest BCUT2D eigenvalue weighted by Gasteiger charge is -2.35. The van der Waals surface area contributed by atoms with E-state index in [9.17, 15) is 0 Å². The second kappa shape index (κ2) is 8.05. The summed E-state index contributed by atoms with van der Waals surface area (Å²) in [5.41, 5.74) is 5.61. The third kappa shape index (κ3) is 4.93. The predicted octanol–water partition coefficient (Wildman–Crippen LogP) is 0.199. The molecule has 3 N–H and O–H groups in total. The van der Waals surface area contributed by atoms with Crippen molar-refractivity contribution in [2.75, 3.05) is 39.5 Å². The zero-order valence-corrected chi connectivity index (χ0v) is 9.53. The fraction of sp³-hybridized carbons (Fsp3) is 1.00. The van der Waals surface area contributed by atoms with Crippen molar-refractivity contribution in [3.05, 3.63) is 0 Å². The average molecular weight is 216 g/mol. The van der Waals surface area contributed by atoms with Crippen molar-refractivity contribution < 1.29 is 9.84 Å². The molecule has 1 unspecified atom stereocenters. The molecule has 0 amide bonds. The number of likely N-dealkylation sites (tertiary alicyclic amines) is 1.